The molecule has 0 unspecified atom stereocenters. The zero-order valence-corrected chi connectivity index (χ0v) is 16.2. The Labute approximate surface area is 164 Å². The second kappa shape index (κ2) is 8.30. The van der Waals surface area contributed by atoms with Crippen LogP contribution < -0.4 is 16.2 Å². The van der Waals surface area contributed by atoms with Crippen molar-refractivity contribution in [3.63, 3.8) is 0 Å². The number of nitrogens with zero attached hydrogens (tertiary/aromatic N) is 2. The Morgan fingerprint density at radius 1 is 1.25 bits per heavy atom. The monoisotopic (exact) mass is 402 g/mol. The number of hydrogen-bond donors (Lipinski definition) is 2. The van der Waals surface area contributed by atoms with Gasteiger partial charge in [-0.25, -0.2) is 14.2 Å². The van der Waals surface area contributed by atoms with Crippen LogP contribution in [0.1, 0.15) is 13.8 Å². The van der Waals surface area contributed by atoms with E-state index in [1.807, 2.05) is 13.8 Å². The molecule has 0 radical (unpaired) electrons. The van der Waals surface area contributed by atoms with Crippen molar-refractivity contribution in [2.75, 3.05) is 6.54 Å². The fourth-order valence-electron chi connectivity index (χ4n) is 2.58. The highest BCUT2D eigenvalue weighted by molar-refractivity contribution is 7.17. The Bertz CT molecular complexity index is 1070. The molecule has 1 aromatic carbocycles. The van der Waals surface area contributed by atoms with Gasteiger partial charge in [-0.3, -0.25) is 19.5 Å². The second-order valence-corrected chi connectivity index (χ2v) is 7.52. The Morgan fingerprint density at radius 2 is 1.96 bits per heavy atom. The third-order valence-corrected chi connectivity index (χ3v) is 4.84. The highest BCUT2D eigenvalue weighted by Gasteiger charge is 2.15. The largest absolute Gasteiger partial charge is 0.338 e. The predicted molar refractivity (Wildman–Crippen MR) is 106 cm³/mol. The normalized spacial score (nSPS) is 11.0. The van der Waals surface area contributed by atoms with Crippen LogP contribution in [0.3, 0.4) is 0 Å². The zero-order valence-electron chi connectivity index (χ0n) is 15.4. The van der Waals surface area contributed by atoms with Gasteiger partial charge in [-0.15, -0.1) is 11.3 Å². The maximum absolute atomic E-state index is 13.2. The van der Waals surface area contributed by atoms with E-state index in [9.17, 15) is 18.8 Å². The summed E-state index contributed by atoms with van der Waals surface area (Å²) in [6.45, 7) is 3.96. The summed E-state index contributed by atoms with van der Waals surface area (Å²) >= 11 is 1.29. The van der Waals surface area contributed by atoms with Crippen LogP contribution in [-0.2, 0) is 11.3 Å². The first kappa shape index (κ1) is 19.7. The summed E-state index contributed by atoms with van der Waals surface area (Å²) in [5.41, 5.74) is 0.909. The molecule has 0 aliphatic carbocycles. The van der Waals surface area contributed by atoms with Crippen molar-refractivity contribution >= 4 is 33.5 Å². The molecular formula is C19H19FN4O3S. The number of aromatic nitrogens is 2. The fourth-order valence-corrected chi connectivity index (χ4v) is 3.49. The van der Waals surface area contributed by atoms with E-state index in [2.05, 4.69) is 15.6 Å². The first-order valence-electron chi connectivity index (χ1n) is 8.65. The van der Waals surface area contributed by atoms with Crippen molar-refractivity contribution in [1.82, 2.24) is 20.2 Å². The molecule has 0 fully saturated rings. The summed E-state index contributed by atoms with van der Waals surface area (Å²) in [6.07, 6.45) is 1.28. The second-order valence-electron chi connectivity index (χ2n) is 6.67. The SMILES string of the molecule is CC(C)CNC(=O)NC(=O)Cn1cnc2scc(-c3ccc(F)cc3)c2c1=O. The van der Waals surface area contributed by atoms with Crippen LogP contribution in [0.15, 0.2) is 40.8 Å². The van der Waals surface area contributed by atoms with Gasteiger partial charge in [0.25, 0.3) is 5.56 Å². The van der Waals surface area contributed by atoms with Gasteiger partial charge in [-0.2, -0.15) is 0 Å². The van der Waals surface area contributed by atoms with Crippen LogP contribution >= 0.6 is 11.3 Å². The van der Waals surface area contributed by atoms with Crippen LogP contribution in [0.25, 0.3) is 21.3 Å². The third kappa shape index (κ3) is 4.42. The summed E-state index contributed by atoms with van der Waals surface area (Å²) in [7, 11) is 0. The first-order chi connectivity index (χ1) is 13.3. The minimum atomic E-state index is -0.622. The number of amides is 3. The summed E-state index contributed by atoms with van der Waals surface area (Å²) in [4.78, 5) is 41.4. The number of nitrogens with one attached hydrogen (secondary N) is 2. The van der Waals surface area contributed by atoms with Gasteiger partial charge in [-0.1, -0.05) is 26.0 Å². The van der Waals surface area contributed by atoms with Gasteiger partial charge in [0.05, 0.1) is 11.7 Å². The molecule has 3 amide bonds. The van der Waals surface area contributed by atoms with E-state index in [0.717, 1.165) is 4.57 Å². The average molecular weight is 402 g/mol. The van der Waals surface area contributed by atoms with Gasteiger partial charge in [0.1, 0.15) is 17.2 Å². The number of fused-ring (bicyclic) bond motifs is 1. The van der Waals surface area contributed by atoms with E-state index in [0.29, 0.717) is 27.9 Å². The standard InChI is InChI=1S/C19H19FN4O3S/c1-11(2)7-21-19(27)23-15(25)8-24-10-22-17-16(18(24)26)14(9-28-17)12-3-5-13(20)6-4-12/h3-6,9-11H,7-8H2,1-2H3,(H2,21,23,25,27). The number of carbonyl (C=O) groups is 2. The van der Waals surface area contributed by atoms with Gasteiger partial charge < -0.3 is 5.32 Å². The molecule has 0 aliphatic heterocycles. The van der Waals surface area contributed by atoms with E-state index in [-0.39, 0.29) is 18.3 Å². The summed E-state index contributed by atoms with van der Waals surface area (Å²) in [6, 6.07) is 5.19. The lowest BCUT2D eigenvalue weighted by atomic mass is 10.1. The predicted octanol–water partition coefficient (Wildman–Crippen LogP) is 2.75. The molecule has 3 aromatic rings. The van der Waals surface area contributed by atoms with Crippen molar-refractivity contribution in [2.24, 2.45) is 5.92 Å². The quantitative estimate of drug-likeness (QED) is 0.686. The van der Waals surface area contributed by atoms with Gasteiger partial charge in [-0.05, 0) is 23.6 Å². The van der Waals surface area contributed by atoms with Crippen molar-refractivity contribution in [3.8, 4) is 11.1 Å². The maximum atomic E-state index is 13.2. The molecule has 28 heavy (non-hydrogen) atoms. The molecule has 0 atom stereocenters. The Morgan fingerprint density at radius 3 is 2.64 bits per heavy atom. The van der Waals surface area contributed by atoms with Crippen LogP contribution in [0.5, 0.6) is 0 Å². The smallest absolute Gasteiger partial charge is 0.321 e. The van der Waals surface area contributed by atoms with Crippen molar-refractivity contribution in [3.05, 3.63) is 52.1 Å². The maximum Gasteiger partial charge on any atom is 0.321 e. The molecule has 2 aromatic heterocycles. The van der Waals surface area contributed by atoms with Crippen molar-refractivity contribution in [1.29, 1.82) is 0 Å². The first-order valence-corrected chi connectivity index (χ1v) is 9.53. The highest BCUT2D eigenvalue weighted by Crippen LogP contribution is 2.30. The van der Waals surface area contributed by atoms with E-state index in [4.69, 9.17) is 0 Å². The molecule has 0 spiro atoms. The van der Waals surface area contributed by atoms with E-state index in [1.165, 1.54) is 29.8 Å². The lowest BCUT2D eigenvalue weighted by Crippen LogP contribution is -2.43. The van der Waals surface area contributed by atoms with Crippen molar-refractivity contribution in [2.45, 2.75) is 20.4 Å². The molecule has 0 saturated carbocycles. The van der Waals surface area contributed by atoms with E-state index >= 15 is 0 Å². The highest BCUT2D eigenvalue weighted by atomic mass is 32.1. The van der Waals surface area contributed by atoms with Gasteiger partial charge >= 0.3 is 6.03 Å². The molecule has 0 aliphatic rings. The van der Waals surface area contributed by atoms with Crippen LogP contribution in [0.2, 0.25) is 0 Å². The number of rotatable bonds is 5. The van der Waals surface area contributed by atoms with Gasteiger partial charge in [0.2, 0.25) is 5.91 Å². The number of carbonyl (C=O) groups excluding carboxylic acids is 2. The third-order valence-electron chi connectivity index (χ3n) is 3.95. The molecule has 2 N–H and O–H groups in total. The Balaban J connectivity index is 1.83. The fraction of sp³-hybridized carbons (Fsp3) is 0.263. The van der Waals surface area contributed by atoms with Gasteiger partial charge in [0, 0.05) is 17.5 Å². The number of thiophene rings is 1. The van der Waals surface area contributed by atoms with E-state index < -0.39 is 17.5 Å². The average Bonchev–Trinajstić information content (AvgIpc) is 3.08. The van der Waals surface area contributed by atoms with Crippen LogP contribution in [0.4, 0.5) is 9.18 Å². The number of imide groups is 1. The summed E-state index contributed by atoms with van der Waals surface area (Å²) < 4.78 is 14.3. The lowest BCUT2D eigenvalue weighted by molar-refractivity contribution is -0.120. The number of hydrogen-bond acceptors (Lipinski definition) is 5. The van der Waals surface area contributed by atoms with Gasteiger partial charge in [0.15, 0.2) is 0 Å². The molecule has 146 valence electrons. The molecule has 2 heterocycles. The summed E-state index contributed by atoms with van der Waals surface area (Å²) in [5, 5.41) is 6.89. The minimum Gasteiger partial charge on any atom is -0.338 e. The minimum absolute atomic E-state index is 0.249. The lowest BCUT2D eigenvalue weighted by Gasteiger charge is -2.09. The van der Waals surface area contributed by atoms with E-state index in [1.54, 1.807) is 17.5 Å². The molecular weight excluding hydrogens is 383 g/mol. The number of halogens is 1. The Hall–Kier alpha value is -3.07. The number of benzene rings is 1. The Kier molecular flexibility index (Phi) is 5.84. The summed E-state index contributed by atoms with van der Waals surface area (Å²) in [5.74, 6) is -0.743. The molecule has 0 bridgehead atoms. The number of urea groups is 1. The molecule has 3 rings (SSSR count). The topological polar surface area (TPSA) is 93.1 Å². The van der Waals surface area contributed by atoms with Crippen molar-refractivity contribution < 1.29 is 14.0 Å². The van der Waals surface area contributed by atoms with Crippen LogP contribution in [-0.4, -0.2) is 28.0 Å². The molecule has 0 saturated heterocycles. The molecule has 7 nitrogen and oxygen atoms in total. The zero-order chi connectivity index (χ0) is 20.3. The van der Waals surface area contributed by atoms with Crippen LogP contribution in [0, 0.1) is 11.7 Å². The molecule has 9 heteroatoms.